The average Bonchev–Trinajstić information content (AvgIpc) is 3.35. The van der Waals surface area contributed by atoms with Crippen LogP contribution in [0.1, 0.15) is 29.8 Å². The van der Waals surface area contributed by atoms with Crippen LogP contribution in [0.15, 0.2) is 54.9 Å². The van der Waals surface area contributed by atoms with Crippen molar-refractivity contribution in [3.05, 3.63) is 71.8 Å². The normalized spacial score (nSPS) is 15.8. The molecular formula is C23H22FN3O4. The highest BCUT2D eigenvalue weighted by atomic mass is 19.1. The summed E-state index contributed by atoms with van der Waals surface area (Å²) in [6, 6.07) is 12.1. The molecule has 2 aromatic carbocycles. The van der Waals surface area contributed by atoms with Crippen molar-refractivity contribution >= 4 is 17.7 Å². The van der Waals surface area contributed by atoms with Gasteiger partial charge in [0.25, 0.3) is 0 Å². The standard InChI is InChI=1S/C23H22FN3O4/c1-3-30-22(28)18-11-25-26(14-18)13-16-4-6-17(7-5-16)20-9-8-19(10-21(20)24)27-12-15(2)31-23(27)29/h4-11,14-15H,3,12-13H2,1-2H3/t15-/m0/s1. The number of hydrogen-bond donors (Lipinski definition) is 0. The van der Waals surface area contributed by atoms with E-state index in [1.54, 1.807) is 36.9 Å². The number of nitrogens with zero attached hydrogens (tertiary/aromatic N) is 3. The number of esters is 1. The summed E-state index contributed by atoms with van der Waals surface area (Å²) in [5, 5.41) is 4.18. The Morgan fingerprint density at radius 1 is 1.26 bits per heavy atom. The quantitative estimate of drug-likeness (QED) is 0.554. The summed E-state index contributed by atoms with van der Waals surface area (Å²) < 4.78 is 26.5. The molecule has 1 atom stereocenters. The van der Waals surface area contributed by atoms with Gasteiger partial charge >= 0.3 is 12.1 Å². The molecule has 1 aromatic heterocycles. The number of carbonyl (C=O) groups excluding carboxylic acids is 2. The van der Waals surface area contributed by atoms with Crippen molar-refractivity contribution in [1.82, 2.24) is 9.78 Å². The van der Waals surface area contributed by atoms with Crippen LogP contribution in [-0.2, 0) is 16.0 Å². The minimum Gasteiger partial charge on any atom is -0.462 e. The number of benzene rings is 2. The second-order valence-corrected chi connectivity index (χ2v) is 7.31. The molecule has 31 heavy (non-hydrogen) atoms. The molecule has 0 radical (unpaired) electrons. The topological polar surface area (TPSA) is 73.7 Å². The van der Waals surface area contributed by atoms with Gasteiger partial charge in [-0.3, -0.25) is 9.58 Å². The summed E-state index contributed by atoms with van der Waals surface area (Å²) in [6.07, 6.45) is 2.43. The number of amides is 1. The lowest BCUT2D eigenvalue weighted by Gasteiger charge is -2.14. The summed E-state index contributed by atoms with van der Waals surface area (Å²) in [4.78, 5) is 25.0. The van der Waals surface area contributed by atoms with Crippen LogP contribution >= 0.6 is 0 Å². The Morgan fingerprint density at radius 3 is 2.68 bits per heavy atom. The average molecular weight is 423 g/mol. The van der Waals surface area contributed by atoms with Crippen molar-refractivity contribution in [2.75, 3.05) is 18.1 Å². The zero-order valence-electron chi connectivity index (χ0n) is 17.2. The van der Waals surface area contributed by atoms with Crippen molar-refractivity contribution in [2.45, 2.75) is 26.5 Å². The second-order valence-electron chi connectivity index (χ2n) is 7.31. The predicted octanol–water partition coefficient (Wildman–Crippen LogP) is 4.26. The van der Waals surface area contributed by atoms with Crippen LogP contribution in [0, 0.1) is 5.82 Å². The number of rotatable bonds is 6. The summed E-state index contributed by atoms with van der Waals surface area (Å²) >= 11 is 0. The molecule has 0 aliphatic carbocycles. The monoisotopic (exact) mass is 423 g/mol. The fraction of sp³-hybridized carbons (Fsp3) is 0.261. The van der Waals surface area contributed by atoms with Gasteiger partial charge in [-0.1, -0.05) is 24.3 Å². The Hall–Kier alpha value is -3.68. The van der Waals surface area contributed by atoms with Crippen molar-refractivity contribution in [2.24, 2.45) is 0 Å². The predicted molar refractivity (Wildman–Crippen MR) is 112 cm³/mol. The highest BCUT2D eigenvalue weighted by Crippen LogP contribution is 2.29. The molecule has 1 saturated heterocycles. The first kappa shape index (κ1) is 20.6. The van der Waals surface area contributed by atoms with E-state index >= 15 is 0 Å². The van der Waals surface area contributed by atoms with Crippen LogP contribution < -0.4 is 4.90 Å². The van der Waals surface area contributed by atoms with Gasteiger partial charge in [0, 0.05) is 11.8 Å². The lowest BCUT2D eigenvalue weighted by atomic mass is 10.0. The summed E-state index contributed by atoms with van der Waals surface area (Å²) in [5.74, 6) is -0.816. The van der Waals surface area contributed by atoms with Crippen molar-refractivity contribution < 1.29 is 23.5 Å². The fourth-order valence-electron chi connectivity index (χ4n) is 3.47. The molecule has 0 spiro atoms. The Morgan fingerprint density at radius 2 is 2.03 bits per heavy atom. The van der Waals surface area contributed by atoms with Gasteiger partial charge in [0.15, 0.2) is 0 Å². The molecule has 160 valence electrons. The van der Waals surface area contributed by atoms with Gasteiger partial charge < -0.3 is 9.47 Å². The second kappa shape index (κ2) is 8.59. The largest absolute Gasteiger partial charge is 0.462 e. The Balaban J connectivity index is 1.47. The van der Waals surface area contributed by atoms with E-state index < -0.39 is 17.9 Å². The number of carbonyl (C=O) groups is 2. The highest BCUT2D eigenvalue weighted by Gasteiger charge is 2.29. The minimum atomic E-state index is -0.464. The SMILES string of the molecule is CCOC(=O)c1cnn(Cc2ccc(-c3ccc(N4C[C@H](C)OC4=O)cc3F)cc2)c1. The van der Waals surface area contributed by atoms with Gasteiger partial charge in [0.1, 0.15) is 11.9 Å². The fourth-order valence-corrected chi connectivity index (χ4v) is 3.47. The number of ether oxygens (including phenoxy) is 2. The van der Waals surface area contributed by atoms with E-state index in [9.17, 15) is 14.0 Å². The van der Waals surface area contributed by atoms with E-state index in [1.165, 1.54) is 17.2 Å². The van der Waals surface area contributed by atoms with Crippen LogP contribution in [0.25, 0.3) is 11.1 Å². The van der Waals surface area contributed by atoms with Gasteiger partial charge in [-0.25, -0.2) is 14.0 Å². The first-order valence-electron chi connectivity index (χ1n) is 10.0. The third kappa shape index (κ3) is 4.42. The van der Waals surface area contributed by atoms with Gasteiger partial charge in [0.05, 0.1) is 37.1 Å². The van der Waals surface area contributed by atoms with Crippen LogP contribution in [-0.4, -0.2) is 41.1 Å². The molecule has 7 nitrogen and oxygen atoms in total. The molecule has 8 heteroatoms. The third-order valence-electron chi connectivity index (χ3n) is 4.98. The van der Waals surface area contributed by atoms with Crippen LogP contribution in [0.4, 0.5) is 14.9 Å². The van der Waals surface area contributed by atoms with Crippen molar-refractivity contribution in [1.29, 1.82) is 0 Å². The van der Waals surface area contributed by atoms with E-state index in [-0.39, 0.29) is 6.10 Å². The Labute approximate surface area is 179 Å². The lowest BCUT2D eigenvalue weighted by Crippen LogP contribution is -2.24. The molecule has 1 amide bonds. The molecule has 1 aliphatic heterocycles. The molecule has 0 N–H and O–H groups in total. The lowest BCUT2D eigenvalue weighted by molar-refractivity contribution is 0.0526. The molecule has 3 aromatic rings. The van der Waals surface area contributed by atoms with Gasteiger partial charge in [-0.15, -0.1) is 0 Å². The summed E-state index contributed by atoms with van der Waals surface area (Å²) in [7, 11) is 0. The van der Waals surface area contributed by atoms with Crippen LogP contribution in [0.5, 0.6) is 0 Å². The maximum Gasteiger partial charge on any atom is 0.414 e. The van der Waals surface area contributed by atoms with E-state index in [1.807, 2.05) is 24.3 Å². The number of anilines is 1. The summed E-state index contributed by atoms with van der Waals surface area (Å²) in [6.45, 7) is 4.73. The van der Waals surface area contributed by atoms with E-state index in [4.69, 9.17) is 9.47 Å². The van der Waals surface area contributed by atoms with E-state index in [0.717, 1.165) is 11.1 Å². The van der Waals surface area contributed by atoms with E-state index in [0.29, 0.717) is 36.5 Å². The maximum absolute atomic E-state index is 14.8. The first-order chi connectivity index (χ1) is 14.9. The number of hydrogen-bond acceptors (Lipinski definition) is 5. The molecule has 0 unspecified atom stereocenters. The maximum atomic E-state index is 14.8. The summed E-state index contributed by atoms with van der Waals surface area (Å²) in [5.41, 5.74) is 2.99. The molecule has 1 aliphatic rings. The number of aromatic nitrogens is 2. The van der Waals surface area contributed by atoms with Crippen LogP contribution in [0.3, 0.4) is 0 Å². The van der Waals surface area contributed by atoms with Gasteiger partial charge in [-0.2, -0.15) is 5.10 Å². The Bertz CT molecular complexity index is 1110. The third-order valence-corrected chi connectivity index (χ3v) is 4.98. The van der Waals surface area contributed by atoms with Crippen molar-refractivity contribution in [3.8, 4) is 11.1 Å². The zero-order valence-corrected chi connectivity index (χ0v) is 17.2. The Kier molecular flexibility index (Phi) is 5.70. The highest BCUT2D eigenvalue weighted by molar-refractivity contribution is 5.90. The molecule has 0 bridgehead atoms. The molecule has 0 saturated carbocycles. The first-order valence-corrected chi connectivity index (χ1v) is 10.0. The molecular weight excluding hydrogens is 401 g/mol. The van der Waals surface area contributed by atoms with Crippen LogP contribution in [0.2, 0.25) is 0 Å². The van der Waals surface area contributed by atoms with E-state index in [2.05, 4.69) is 5.10 Å². The van der Waals surface area contributed by atoms with Crippen molar-refractivity contribution in [3.63, 3.8) is 0 Å². The molecule has 2 heterocycles. The van der Waals surface area contributed by atoms with Gasteiger partial charge in [0.2, 0.25) is 0 Å². The molecule has 1 fully saturated rings. The minimum absolute atomic E-state index is 0.217. The molecule has 4 rings (SSSR count). The smallest absolute Gasteiger partial charge is 0.414 e. The number of halogens is 1. The number of cyclic esters (lactones) is 1. The zero-order chi connectivity index (χ0) is 22.0. The van der Waals surface area contributed by atoms with Gasteiger partial charge in [-0.05, 0) is 43.2 Å².